The average Bonchev–Trinajstić information content (AvgIpc) is 3.09. The summed E-state index contributed by atoms with van der Waals surface area (Å²) in [4.78, 5) is 4.28. The zero-order valence-electron chi connectivity index (χ0n) is 10.4. The molecule has 0 aliphatic heterocycles. The third kappa shape index (κ3) is 3.34. The summed E-state index contributed by atoms with van der Waals surface area (Å²) in [5, 5.41) is 2.95. The van der Waals surface area contributed by atoms with Crippen LogP contribution in [0.1, 0.15) is 25.3 Å². The van der Waals surface area contributed by atoms with Gasteiger partial charge < -0.3 is 11.1 Å². The Bertz CT molecular complexity index is 430. The smallest absolute Gasteiger partial charge is 0.188 e. The number of halogens is 2. The Morgan fingerprint density at radius 1 is 1.44 bits per heavy atom. The molecular formula is C13H19FIN3. The van der Waals surface area contributed by atoms with Crippen LogP contribution in [0.2, 0.25) is 0 Å². The van der Waals surface area contributed by atoms with Gasteiger partial charge in [-0.2, -0.15) is 0 Å². The molecule has 1 aliphatic rings. The minimum Gasteiger partial charge on any atom is -0.370 e. The van der Waals surface area contributed by atoms with Crippen LogP contribution in [-0.4, -0.2) is 19.0 Å². The fourth-order valence-electron chi connectivity index (χ4n) is 2.03. The fourth-order valence-corrected chi connectivity index (χ4v) is 2.03. The molecule has 0 heterocycles. The Morgan fingerprint density at radius 2 is 2.11 bits per heavy atom. The highest BCUT2D eigenvalue weighted by atomic mass is 127. The Morgan fingerprint density at radius 3 is 2.67 bits per heavy atom. The number of aliphatic imine (C=N–C) groups is 1. The first-order valence-corrected chi connectivity index (χ1v) is 5.97. The van der Waals surface area contributed by atoms with Gasteiger partial charge in [-0.15, -0.1) is 24.0 Å². The molecule has 100 valence electrons. The van der Waals surface area contributed by atoms with Crippen molar-refractivity contribution < 1.29 is 4.39 Å². The highest BCUT2D eigenvalue weighted by Crippen LogP contribution is 2.49. The lowest BCUT2D eigenvalue weighted by Gasteiger charge is -2.14. The Labute approximate surface area is 124 Å². The van der Waals surface area contributed by atoms with Crippen molar-refractivity contribution in [3.8, 4) is 0 Å². The van der Waals surface area contributed by atoms with E-state index < -0.39 is 0 Å². The van der Waals surface area contributed by atoms with Gasteiger partial charge in [0.1, 0.15) is 5.82 Å². The van der Waals surface area contributed by atoms with Crippen molar-refractivity contribution in [2.45, 2.75) is 25.2 Å². The van der Waals surface area contributed by atoms with E-state index in [2.05, 4.69) is 10.3 Å². The number of nitrogens with two attached hydrogens (primary N) is 1. The normalized spacial score (nSPS) is 16.9. The monoisotopic (exact) mass is 363 g/mol. The molecule has 0 unspecified atom stereocenters. The molecule has 3 N–H and O–H groups in total. The van der Waals surface area contributed by atoms with E-state index >= 15 is 0 Å². The Kier molecular flexibility index (Phi) is 5.37. The van der Waals surface area contributed by atoms with Gasteiger partial charge in [-0.05, 0) is 31.4 Å². The van der Waals surface area contributed by atoms with E-state index in [4.69, 9.17) is 5.73 Å². The number of nitrogens with one attached hydrogen (secondary N) is 1. The summed E-state index contributed by atoms with van der Waals surface area (Å²) >= 11 is 0. The van der Waals surface area contributed by atoms with E-state index in [0.717, 1.165) is 24.9 Å². The number of nitrogens with zero attached hydrogens (tertiary/aromatic N) is 1. The topological polar surface area (TPSA) is 50.4 Å². The van der Waals surface area contributed by atoms with Crippen LogP contribution in [0.4, 0.5) is 4.39 Å². The fraction of sp³-hybridized carbons (Fsp3) is 0.462. The minimum atomic E-state index is -0.137. The van der Waals surface area contributed by atoms with Gasteiger partial charge in [-0.3, -0.25) is 4.99 Å². The zero-order valence-corrected chi connectivity index (χ0v) is 12.8. The van der Waals surface area contributed by atoms with Crippen molar-refractivity contribution in [2.75, 3.05) is 13.1 Å². The molecule has 0 aromatic heterocycles. The minimum absolute atomic E-state index is 0. The summed E-state index contributed by atoms with van der Waals surface area (Å²) in [6.07, 6.45) is 1.97. The first-order chi connectivity index (χ1) is 8.18. The van der Waals surface area contributed by atoms with Gasteiger partial charge in [-0.25, -0.2) is 4.39 Å². The summed E-state index contributed by atoms with van der Waals surface area (Å²) in [7, 11) is 0. The first kappa shape index (κ1) is 15.2. The van der Waals surface area contributed by atoms with Gasteiger partial charge >= 0.3 is 0 Å². The molecule has 1 aromatic rings. The average molecular weight is 363 g/mol. The predicted molar refractivity (Wildman–Crippen MR) is 82.9 cm³/mol. The highest BCUT2D eigenvalue weighted by Gasteiger charge is 2.45. The molecule has 1 aliphatic carbocycles. The van der Waals surface area contributed by atoms with E-state index in [1.165, 1.54) is 6.07 Å². The van der Waals surface area contributed by atoms with Gasteiger partial charge in [0.2, 0.25) is 0 Å². The molecule has 18 heavy (non-hydrogen) atoms. The van der Waals surface area contributed by atoms with Crippen LogP contribution in [-0.2, 0) is 5.41 Å². The largest absolute Gasteiger partial charge is 0.370 e. The van der Waals surface area contributed by atoms with E-state index in [1.54, 1.807) is 6.07 Å². The van der Waals surface area contributed by atoms with Crippen molar-refractivity contribution in [3.63, 3.8) is 0 Å². The Hall–Kier alpha value is -0.850. The molecule has 2 rings (SSSR count). The van der Waals surface area contributed by atoms with Gasteiger partial charge in [0.05, 0.1) is 6.54 Å². The third-order valence-electron chi connectivity index (χ3n) is 3.21. The number of hydrogen-bond acceptors (Lipinski definition) is 1. The van der Waals surface area contributed by atoms with Crippen molar-refractivity contribution in [3.05, 3.63) is 35.6 Å². The molecule has 0 spiro atoms. The molecule has 1 saturated carbocycles. The van der Waals surface area contributed by atoms with Gasteiger partial charge in [0.25, 0.3) is 0 Å². The van der Waals surface area contributed by atoms with Gasteiger partial charge in [-0.1, -0.05) is 18.2 Å². The molecule has 0 saturated heterocycles. The molecule has 0 amide bonds. The summed E-state index contributed by atoms with van der Waals surface area (Å²) < 4.78 is 13.7. The van der Waals surface area contributed by atoms with Gasteiger partial charge in [0, 0.05) is 12.0 Å². The summed E-state index contributed by atoms with van der Waals surface area (Å²) in [6, 6.07) is 6.94. The maximum absolute atomic E-state index is 13.7. The molecule has 0 bridgehead atoms. The molecule has 1 fully saturated rings. The molecule has 0 atom stereocenters. The molecule has 5 heteroatoms. The predicted octanol–water partition coefficient (Wildman–Crippen LogP) is 2.40. The van der Waals surface area contributed by atoms with Crippen LogP contribution in [0.5, 0.6) is 0 Å². The van der Waals surface area contributed by atoms with Crippen LogP contribution in [0.15, 0.2) is 29.3 Å². The number of hydrogen-bond donors (Lipinski definition) is 2. The quantitative estimate of drug-likeness (QED) is 0.490. The van der Waals surface area contributed by atoms with Crippen molar-refractivity contribution in [1.29, 1.82) is 0 Å². The number of guanidine groups is 1. The maximum atomic E-state index is 13.7. The van der Waals surface area contributed by atoms with Crippen molar-refractivity contribution in [2.24, 2.45) is 10.7 Å². The SMILES string of the molecule is CCNC(N)=NCC1(c2ccccc2F)CC1.I. The van der Waals surface area contributed by atoms with E-state index in [-0.39, 0.29) is 35.2 Å². The van der Waals surface area contributed by atoms with Crippen molar-refractivity contribution >= 4 is 29.9 Å². The van der Waals surface area contributed by atoms with Crippen molar-refractivity contribution in [1.82, 2.24) is 5.32 Å². The van der Waals surface area contributed by atoms with E-state index in [1.807, 2.05) is 19.1 Å². The lowest BCUT2D eigenvalue weighted by Crippen LogP contribution is -2.32. The molecule has 1 aromatic carbocycles. The molecule has 3 nitrogen and oxygen atoms in total. The zero-order chi connectivity index (χ0) is 12.3. The standard InChI is InChI=1S/C13H18FN3.HI/c1-2-16-12(15)17-9-13(7-8-13)10-5-3-4-6-11(10)14;/h3-6H,2,7-9H2,1H3,(H3,15,16,17);1H. The summed E-state index contributed by atoms with van der Waals surface area (Å²) in [5.41, 5.74) is 6.33. The lowest BCUT2D eigenvalue weighted by molar-refractivity contribution is 0.573. The molecule has 0 radical (unpaired) electrons. The first-order valence-electron chi connectivity index (χ1n) is 5.97. The second kappa shape index (κ2) is 6.36. The second-order valence-electron chi connectivity index (χ2n) is 4.49. The number of rotatable bonds is 4. The van der Waals surface area contributed by atoms with Crippen LogP contribution < -0.4 is 11.1 Å². The summed E-state index contributed by atoms with van der Waals surface area (Å²) in [5.74, 6) is 0.303. The van der Waals surface area contributed by atoms with Crippen LogP contribution in [0.25, 0.3) is 0 Å². The maximum Gasteiger partial charge on any atom is 0.188 e. The van der Waals surface area contributed by atoms with Crippen LogP contribution in [0, 0.1) is 5.82 Å². The highest BCUT2D eigenvalue weighted by molar-refractivity contribution is 14.0. The lowest BCUT2D eigenvalue weighted by atomic mass is 9.95. The van der Waals surface area contributed by atoms with Gasteiger partial charge in [0.15, 0.2) is 5.96 Å². The van der Waals surface area contributed by atoms with Crippen LogP contribution in [0.3, 0.4) is 0 Å². The number of benzene rings is 1. The molecular weight excluding hydrogens is 344 g/mol. The van der Waals surface area contributed by atoms with Crippen LogP contribution >= 0.6 is 24.0 Å². The second-order valence-corrected chi connectivity index (χ2v) is 4.49. The summed E-state index contributed by atoms with van der Waals surface area (Å²) in [6.45, 7) is 3.28. The third-order valence-corrected chi connectivity index (χ3v) is 3.21. The Balaban J connectivity index is 0.00000162. The van der Waals surface area contributed by atoms with E-state index in [9.17, 15) is 4.39 Å². The van der Waals surface area contributed by atoms with E-state index in [0.29, 0.717) is 12.5 Å².